The monoisotopic (exact) mass is 349 g/mol. The van der Waals surface area contributed by atoms with E-state index in [1.165, 1.54) is 11.3 Å². The number of esters is 1. The molecule has 1 aliphatic rings. The van der Waals surface area contributed by atoms with Gasteiger partial charge in [0.15, 0.2) is 5.70 Å². The van der Waals surface area contributed by atoms with Gasteiger partial charge in [0.1, 0.15) is 11.5 Å². The van der Waals surface area contributed by atoms with E-state index in [1.807, 2.05) is 6.07 Å². The summed E-state index contributed by atoms with van der Waals surface area (Å²) in [6, 6.07) is 8.75. The zero-order chi connectivity index (χ0) is 16.4. The molecule has 0 unspecified atom stereocenters. The van der Waals surface area contributed by atoms with Crippen LogP contribution in [0.1, 0.15) is 10.4 Å². The Bertz CT molecular complexity index is 803. The molecule has 0 N–H and O–H groups in total. The van der Waals surface area contributed by atoms with Crippen molar-refractivity contribution in [2.45, 2.75) is 0 Å². The summed E-state index contributed by atoms with van der Waals surface area (Å²) >= 11 is 7.24. The summed E-state index contributed by atoms with van der Waals surface area (Å²) in [7, 11) is 3.10. The molecule has 0 saturated heterocycles. The number of benzene rings is 1. The first-order chi connectivity index (χ1) is 11.1. The van der Waals surface area contributed by atoms with Gasteiger partial charge in [-0.25, -0.2) is 9.79 Å². The molecule has 0 atom stereocenters. The van der Waals surface area contributed by atoms with Crippen molar-refractivity contribution in [3.63, 3.8) is 0 Å². The molecular formula is C16H12ClNO4S. The van der Waals surface area contributed by atoms with Crippen LogP contribution in [0.4, 0.5) is 0 Å². The lowest BCUT2D eigenvalue weighted by atomic mass is 10.2. The number of thiophene rings is 1. The molecule has 1 aromatic heterocycles. The van der Waals surface area contributed by atoms with Crippen LogP contribution >= 0.6 is 22.9 Å². The molecule has 23 heavy (non-hydrogen) atoms. The Balaban J connectivity index is 1.96. The van der Waals surface area contributed by atoms with E-state index >= 15 is 0 Å². The van der Waals surface area contributed by atoms with Gasteiger partial charge in [0.25, 0.3) is 0 Å². The highest BCUT2D eigenvalue weighted by Gasteiger charge is 2.25. The van der Waals surface area contributed by atoms with E-state index in [2.05, 4.69) is 4.99 Å². The van der Waals surface area contributed by atoms with Crippen molar-refractivity contribution in [1.29, 1.82) is 0 Å². The van der Waals surface area contributed by atoms with Crippen LogP contribution in [0.2, 0.25) is 4.34 Å². The highest BCUT2D eigenvalue weighted by molar-refractivity contribution is 7.17. The molecule has 2 aromatic rings. The van der Waals surface area contributed by atoms with E-state index in [-0.39, 0.29) is 11.6 Å². The average molecular weight is 350 g/mol. The fourth-order valence-electron chi connectivity index (χ4n) is 2.00. The van der Waals surface area contributed by atoms with Crippen molar-refractivity contribution in [3.8, 4) is 11.5 Å². The molecule has 1 aromatic carbocycles. The molecule has 7 heteroatoms. The van der Waals surface area contributed by atoms with Crippen LogP contribution in [-0.4, -0.2) is 26.1 Å². The topological polar surface area (TPSA) is 57.1 Å². The van der Waals surface area contributed by atoms with Crippen LogP contribution in [0.25, 0.3) is 6.08 Å². The van der Waals surface area contributed by atoms with Crippen molar-refractivity contribution in [2.24, 2.45) is 4.99 Å². The van der Waals surface area contributed by atoms with Crippen molar-refractivity contribution >= 4 is 40.9 Å². The predicted molar refractivity (Wildman–Crippen MR) is 89.5 cm³/mol. The van der Waals surface area contributed by atoms with Crippen molar-refractivity contribution < 1.29 is 19.0 Å². The van der Waals surface area contributed by atoms with Gasteiger partial charge in [-0.1, -0.05) is 11.6 Å². The number of halogens is 1. The Kier molecular flexibility index (Phi) is 4.36. The van der Waals surface area contributed by atoms with E-state index in [9.17, 15) is 4.79 Å². The van der Waals surface area contributed by atoms with Gasteiger partial charge in [0.05, 0.1) is 18.6 Å². The molecule has 0 spiro atoms. The Hall–Kier alpha value is -2.31. The number of hydrogen-bond acceptors (Lipinski definition) is 6. The van der Waals surface area contributed by atoms with E-state index in [4.69, 9.17) is 25.8 Å². The lowest BCUT2D eigenvalue weighted by molar-refractivity contribution is -0.129. The minimum Gasteiger partial charge on any atom is -0.497 e. The van der Waals surface area contributed by atoms with Crippen molar-refractivity contribution in [3.05, 3.63) is 50.8 Å². The summed E-state index contributed by atoms with van der Waals surface area (Å²) in [5, 5.41) is 0. The number of ether oxygens (including phenoxy) is 3. The van der Waals surface area contributed by atoms with Gasteiger partial charge in [-0.3, -0.25) is 0 Å². The number of nitrogens with zero attached hydrogens (tertiary/aromatic N) is 1. The number of carbonyl (C=O) groups is 1. The van der Waals surface area contributed by atoms with Gasteiger partial charge in [-0.15, -0.1) is 11.3 Å². The van der Waals surface area contributed by atoms with Crippen LogP contribution in [0.15, 0.2) is 41.0 Å². The third-order valence-electron chi connectivity index (χ3n) is 3.09. The number of rotatable bonds is 4. The fourth-order valence-corrected chi connectivity index (χ4v) is 3.00. The molecule has 0 fully saturated rings. The second-order valence-corrected chi connectivity index (χ2v) is 6.33. The van der Waals surface area contributed by atoms with Crippen LogP contribution < -0.4 is 9.47 Å². The number of hydrogen-bond donors (Lipinski definition) is 0. The highest BCUT2D eigenvalue weighted by Crippen LogP contribution is 2.28. The van der Waals surface area contributed by atoms with Crippen LogP contribution in [0.3, 0.4) is 0 Å². The average Bonchev–Trinajstić information content (AvgIpc) is 3.13. The van der Waals surface area contributed by atoms with Crippen LogP contribution in [0, 0.1) is 0 Å². The third-order valence-corrected chi connectivity index (χ3v) is 4.27. The molecule has 5 nitrogen and oxygen atoms in total. The number of aliphatic imine (C=N–C) groups is 1. The summed E-state index contributed by atoms with van der Waals surface area (Å²) in [4.78, 5) is 17.1. The third kappa shape index (κ3) is 3.38. The van der Waals surface area contributed by atoms with E-state index in [0.717, 1.165) is 4.88 Å². The van der Waals surface area contributed by atoms with Gasteiger partial charge in [-0.2, -0.15) is 0 Å². The maximum absolute atomic E-state index is 12.0. The summed E-state index contributed by atoms with van der Waals surface area (Å²) in [6.07, 6.45) is 1.64. The molecule has 0 aliphatic carbocycles. The van der Waals surface area contributed by atoms with E-state index in [0.29, 0.717) is 21.4 Å². The molecule has 2 heterocycles. The van der Waals surface area contributed by atoms with E-state index < -0.39 is 5.97 Å². The second-order valence-electron chi connectivity index (χ2n) is 4.58. The molecule has 1 aliphatic heterocycles. The first-order valence-corrected chi connectivity index (χ1v) is 7.80. The maximum Gasteiger partial charge on any atom is 0.363 e. The molecule has 118 valence electrons. The largest absolute Gasteiger partial charge is 0.497 e. The number of carbonyl (C=O) groups excluding carboxylic acids is 1. The lowest BCUT2D eigenvalue weighted by Crippen LogP contribution is -2.06. The van der Waals surface area contributed by atoms with Gasteiger partial charge in [0.2, 0.25) is 5.90 Å². The van der Waals surface area contributed by atoms with Crippen molar-refractivity contribution in [1.82, 2.24) is 0 Å². The summed E-state index contributed by atoms with van der Waals surface area (Å²) in [6.45, 7) is 0. The Morgan fingerprint density at radius 2 is 1.87 bits per heavy atom. The van der Waals surface area contributed by atoms with Gasteiger partial charge >= 0.3 is 5.97 Å². The zero-order valence-corrected chi connectivity index (χ0v) is 13.9. The number of methoxy groups -OCH3 is 2. The summed E-state index contributed by atoms with van der Waals surface area (Å²) < 4.78 is 16.3. The quantitative estimate of drug-likeness (QED) is 0.623. The smallest absolute Gasteiger partial charge is 0.363 e. The molecule has 0 amide bonds. The first-order valence-electron chi connectivity index (χ1n) is 6.60. The highest BCUT2D eigenvalue weighted by atomic mass is 35.5. The first kappa shape index (κ1) is 15.6. The Morgan fingerprint density at radius 1 is 1.17 bits per heavy atom. The zero-order valence-electron chi connectivity index (χ0n) is 12.3. The van der Waals surface area contributed by atoms with Crippen molar-refractivity contribution in [2.75, 3.05) is 14.2 Å². The molecule has 0 saturated carbocycles. The molecule has 3 rings (SSSR count). The van der Waals surface area contributed by atoms with Gasteiger partial charge in [-0.05, 0) is 30.3 Å². The summed E-state index contributed by atoms with van der Waals surface area (Å²) in [5.41, 5.74) is 0.822. The standard InChI is InChI=1S/C16H12ClNO4S/c1-20-10-5-9(6-11(7-10)21-2)15-18-13(16(19)22-15)8-12-3-4-14(17)23-12/h3-8H,1-2H3/b13-8-. The van der Waals surface area contributed by atoms with Crippen LogP contribution in [0.5, 0.6) is 11.5 Å². The predicted octanol–water partition coefficient (Wildman–Crippen LogP) is 3.76. The maximum atomic E-state index is 12.0. The SMILES string of the molecule is COc1cc(OC)cc(C2=N/C(=C\c3ccc(Cl)s3)C(=O)O2)c1. The molecule has 0 bridgehead atoms. The fraction of sp³-hybridized carbons (Fsp3) is 0.125. The molecular weight excluding hydrogens is 338 g/mol. The normalized spacial score (nSPS) is 15.5. The van der Waals surface area contributed by atoms with Crippen LogP contribution in [-0.2, 0) is 9.53 Å². The minimum atomic E-state index is -0.508. The lowest BCUT2D eigenvalue weighted by Gasteiger charge is -2.07. The van der Waals surface area contributed by atoms with Gasteiger partial charge in [0, 0.05) is 16.5 Å². The van der Waals surface area contributed by atoms with E-state index in [1.54, 1.807) is 44.6 Å². The minimum absolute atomic E-state index is 0.209. The molecule has 0 radical (unpaired) electrons. The number of cyclic esters (lactones) is 1. The Morgan fingerprint density at radius 3 is 2.43 bits per heavy atom. The summed E-state index contributed by atoms with van der Waals surface area (Å²) in [5.74, 6) is 0.869. The van der Waals surface area contributed by atoms with Gasteiger partial charge < -0.3 is 14.2 Å². The Labute approximate surface area is 141 Å². The second kappa shape index (κ2) is 6.44.